The van der Waals surface area contributed by atoms with Crippen molar-refractivity contribution in [2.45, 2.75) is 13.8 Å². The Balaban J connectivity index is 1.66. The molecule has 1 aliphatic rings. The van der Waals surface area contributed by atoms with Gasteiger partial charge < -0.3 is 15.0 Å². The van der Waals surface area contributed by atoms with Crippen LogP contribution in [0.25, 0.3) is 11.6 Å². The van der Waals surface area contributed by atoms with Gasteiger partial charge in [-0.05, 0) is 42.9 Å². The first-order valence-corrected chi connectivity index (χ1v) is 8.79. The summed E-state index contributed by atoms with van der Waals surface area (Å²) in [5.41, 5.74) is 3.51. The lowest BCUT2D eigenvalue weighted by atomic mass is 10.0. The Kier molecular flexibility index (Phi) is 5.51. The second-order valence-electron chi connectivity index (χ2n) is 6.00. The van der Waals surface area contributed by atoms with Crippen LogP contribution in [0.1, 0.15) is 25.0 Å². The van der Waals surface area contributed by atoms with E-state index in [-0.39, 0.29) is 5.91 Å². The molecule has 1 aliphatic heterocycles. The molecule has 1 heterocycles. The summed E-state index contributed by atoms with van der Waals surface area (Å²) in [6, 6.07) is 15.6. The van der Waals surface area contributed by atoms with Crippen molar-refractivity contribution in [1.82, 2.24) is 4.90 Å². The van der Waals surface area contributed by atoms with Crippen molar-refractivity contribution in [2.24, 2.45) is 0 Å². The zero-order valence-corrected chi connectivity index (χ0v) is 14.8. The minimum Gasteiger partial charge on any atom is -0.492 e. The average molecular weight is 336 g/mol. The number of para-hydroxylation sites is 1. The second-order valence-corrected chi connectivity index (χ2v) is 6.00. The van der Waals surface area contributed by atoms with E-state index in [4.69, 9.17) is 4.74 Å². The third-order valence-corrected chi connectivity index (χ3v) is 4.47. The van der Waals surface area contributed by atoms with Gasteiger partial charge in [0.15, 0.2) is 0 Å². The molecule has 3 rings (SSSR count). The zero-order chi connectivity index (χ0) is 17.6. The van der Waals surface area contributed by atoms with E-state index < -0.39 is 0 Å². The molecule has 0 radical (unpaired) electrons. The highest BCUT2D eigenvalue weighted by atomic mass is 16.5. The van der Waals surface area contributed by atoms with Crippen LogP contribution in [0.5, 0.6) is 5.75 Å². The molecule has 0 bridgehead atoms. The predicted octanol–water partition coefficient (Wildman–Crippen LogP) is 3.90. The van der Waals surface area contributed by atoms with Gasteiger partial charge in [-0.15, -0.1) is 0 Å². The fraction of sp³-hybridized carbons (Fsp3) is 0.286. The van der Waals surface area contributed by atoms with Crippen LogP contribution in [0.4, 0.5) is 5.69 Å². The van der Waals surface area contributed by atoms with Gasteiger partial charge in [-0.3, -0.25) is 4.79 Å². The molecule has 2 aromatic carbocycles. The summed E-state index contributed by atoms with van der Waals surface area (Å²) in [5.74, 6) is 0.798. The van der Waals surface area contributed by atoms with E-state index in [1.807, 2.05) is 54.6 Å². The quantitative estimate of drug-likeness (QED) is 0.780. The standard InChI is InChI=1S/C21H24N2O2/c1-3-23(4-2)13-14-25-17-11-9-16(10-12-17)15-19-18-7-5-6-8-20(18)22-21(19)24/h5-12,15H,3-4,13-14H2,1-2H3,(H,22,24)/b19-15-. The average Bonchev–Trinajstić information content (AvgIpc) is 2.96. The van der Waals surface area contributed by atoms with Crippen molar-refractivity contribution >= 4 is 23.2 Å². The number of carbonyl (C=O) groups is 1. The number of ether oxygens (including phenoxy) is 1. The van der Waals surface area contributed by atoms with Gasteiger partial charge in [0.2, 0.25) is 0 Å². The molecule has 0 aromatic heterocycles. The largest absolute Gasteiger partial charge is 0.492 e. The highest BCUT2D eigenvalue weighted by Gasteiger charge is 2.23. The van der Waals surface area contributed by atoms with Crippen molar-refractivity contribution in [3.8, 4) is 5.75 Å². The van der Waals surface area contributed by atoms with E-state index in [1.54, 1.807) is 0 Å². The maximum atomic E-state index is 12.2. The number of likely N-dealkylation sites (N-methyl/N-ethyl adjacent to an activating group) is 1. The smallest absolute Gasteiger partial charge is 0.256 e. The summed E-state index contributed by atoms with van der Waals surface area (Å²) in [5, 5.41) is 2.89. The fourth-order valence-corrected chi connectivity index (χ4v) is 2.94. The summed E-state index contributed by atoms with van der Waals surface area (Å²) in [6.45, 7) is 7.99. The third kappa shape index (κ3) is 4.09. The molecule has 0 spiro atoms. The molecular weight excluding hydrogens is 312 g/mol. The first-order valence-electron chi connectivity index (χ1n) is 8.79. The number of benzene rings is 2. The number of carbonyl (C=O) groups excluding carboxylic acids is 1. The Morgan fingerprint density at radius 2 is 1.76 bits per heavy atom. The first kappa shape index (κ1) is 17.2. The summed E-state index contributed by atoms with van der Waals surface area (Å²) >= 11 is 0. The lowest BCUT2D eigenvalue weighted by Crippen LogP contribution is -2.27. The summed E-state index contributed by atoms with van der Waals surface area (Å²) in [6.07, 6.45) is 1.92. The molecule has 1 amide bonds. The Labute approximate surface area is 149 Å². The molecule has 0 saturated carbocycles. The minimum absolute atomic E-state index is 0.0549. The number of nitrogens with zero attached hydrogens (tertiary/aromatic N) is 1. The maximum Gasteiger partial charge on any atom is 0.256 e. The van der Waals surface area contributed by atoms with E-state index in [0.717, 1.165) is 42.2 Å². The van der Waals surface area contributed by atoms with Crippen molar-refractivity contribution in [3.63, 3.8) is 0 Å². The van der Waals surface area contributed by atoms with Crippen LogP contribution in [-0.2, 0) is 4.79 Å². The molecule has 130 valence electrons. The van der Waals surface area contributed by atoms with Crippen LogP contribution < -0.4 is 10.1 Å². The Morgan fingerprint density at radius 3 is 2.48 bits per heavy atom. The molecule has 25 heavy (non-hydrogen) atoms. The molecular formula is C21H24N2O2. The molecule has 0 atom stereocenters. The van der Waals surface area contributed by atoms with E-state index in [1.165, 1.54) is 0 Å². The summed E-state index contributed by atoms with van der Waals surface area (Å²) in [4.78, 5) is 14.5. The minimum atomic E-state index is -0.0549. The van der Waals surface area contributed by atoms with Gasteiger partial charge in [-0.1, -0.05) is 44.2 Å². The Bertz CT molecular complexity index is 762. The zero-order valence-electron chi connectivity index (χ0n) is 14.8. The van der Waals surface area contributed by atoms with Crippen LogP contribution in [0.2, 0.25) is 0 Å². The lowest BCUT2D eigenvalue weighted by Gasteiger charge is -2.18. The Hall–Kier alpha value is -2.59. The van der Waals surface area contributed by atoms with Crippen LogP contribution in [0.15, 0.2) is 48.5 Å². The van der Waals surface area contributed by atoms with Gasteiger partial charge in [0.25, 0.3) is 5.91 Å². The lowest BCUT2D eigenvalue weighted by molar-refractivity contribution is -0.110. The molecule has 0 saturated heterocycles. The van der Waals surface area contributed by atoms with E-state index in [9.17, 15) is 4.79 Å². The SMILES string of the molecule is CCN(CC)CCOc1ccc(/C=C2\C(=O)Nc3ccccc32)cc1. The van der Waals surface area contributed by atoms with Gasteiger partial charge in [-0.2, -0.15) is 0 Å². The molecule has 1 N–H and O–H groups in total. The van der Waals surface area contributed by atoms with Crippen molar-refractivity contribution in [2.75, 3.05) is 31.6 Å². The number of amides is 1. The number of rotatable bonds is 7. The van der Waals surface area contributed by atoms with Crippen molar-refractivity contribution in [1.29, 1.82) is 0 Å². The third-order valence-electron chi connectivity index (χ3n) is 4.47. The van der Waals surface area contributed by atoms with Gasteiger partial charge in [0, 0.05) is 23.4 Å². The monoisotopic (exact) mass is 336 g/mol. The summed E-state index contributed by atoms with van der Waals surface area (Å²) in [7, 11) is 0. The van der Waals surface area contributed by atoms with Crippen LogP contribution >= 0.6 is 0 Å². The predicted molar refractivity (Wildman–Crippen MR) is 103 cm³/mol. The van der Waals surface area contributed by atoms with E-state index >= 15 is 0 Å². The van der Waals surface area contributed by atoms with Crippen molar-refractivity contribution < 1.29 is 9.53 Å². The van der Waals surface area contributed by atoms with E-state index in [2.05, 4.69) is 24.1 Å². The molecule has 0 fully saturated rings. The fourth-order valence-electron chi connectivity index (χ4n) is 2.94. The topological polar surface area (TPSA) is 41.6 Å². The first-order chi connectivity index (χ1) is 12.2. The number of hydrogen-bond acceptors (Lipinski definition) is 3. The van der Waals surface area contributed by atoms with Gasteiger partial charge in [0.05, 0.1) is 0 Å². The normalized spacial score (nSPS) is 14.7. The van der Waals surface area contributed by atoms with Crippen LogP contribution in [-0.4, -0.2) is 37.0 Å². The molecule has 4 heteroatoms. The summed E-state index contributed by atoms with van der Waals surface area (Å²) < 4.78 is 5.80. The number of anilines is 1. The van der Waals surface area contributed by atoms with Gasteiger partial charge >= 0.3 is 0 Å². The molecule has 2 aromatic rings. The van der Waals surface area contributed by atoms with Gasteiger partial charge in [-0.25, -0.2) is 0 Å². The molecule has 4 nitrogen and oxygen atoms in total. The maximum absolute atomic E-state index is 12.2. The highest BCUT2D eigenvalue weighted by Crippen LogP contribution is 2.32. The Morgan fingerprint density at radius 1 is 1.04 bits per heavy atom. The second kappa shape index (κ2) is 7.99. The van der Waals surface area contributed by atoms with Crippen LogP contribution in [0, 0.1) is 0 Å². The molecule has 0 unspecified atom stereocenters. The highest BCUT2D eigenvalue weighted by molar-refractivity contribution is 6.34. The van der Waals surface area contributed by atoms with Crippen molar-refractivity contribution in [3.05, 3.63) is 59.7 Å². The van der Waals surface area contributed by atoms with Gasteiger partial charge in [0.1, 0.15) is 12.4 Å². The number of nitrogens with one attached hydrogen (secondary N) is 1. The number of hydrogen-bond donors (Lipinski definition) is 1. The van der Waals surface area contributed by atoms with E-state index in [0.29, 0.717) is 12.2 Å². The number of fused-ring (bicyclic) bond motifs is 1. The van der Waals surface area contributed by atoms with Crippen LogP contribution in [0.3, 0.4) is 0 Å². The molecule has 0 aliphatic carbocycles.